The summed E-state index contributed by atoms with van der Waals surface area (Å²) in [5.41, 5.74) is 1.37. The van der Waals surface area contributed by atoms with E-state index in [2.05, 4.69) is 10.6 Å². The van der Waals surface area contributed by atoms with E-state index in [1.807, 2.05) is 4.90 Å². The maximum absolute atomic E-state index is 14.4. The van der Waals surface area contributed by atoms with Crippen LogP contribution in [-0.4, -0.2) is 30.3 Å². The van der Waals surface area contributed by atoms with E-state index < -0.39 is 18.0 Å². The number of benzene rings is 2. The summed E-state index contributed by atoms with van der Waals surface area (Å²) in [6.45, 7) is 1.12. The molecule has 25 heavy (non-hydrogen) atoms. The van der Waals surface area contributed by atoms with Crippen LogP contribution in [0.25, 0.3) is 0 Å². The molecule has 1 heterocycles. The van der Waals surface area contributed by atoms with Gasteiger partial charge in [-0.3, -0.25) is 0 Å². The molecular formula is C18H19ClFN3O2. The second-order valence-corrected chi connectivity index (χ2v) is 6.43. The third-order valence-corrected chi connectivity index (χ3v) is 4.30. The van der Waals surface area contributed by atoms with Crippen molar-refractivity contribution in [3.63, 3.8) is 0 Å². The van der Waals surface area contributed by atoms with Gasteiger partial charge in [-0.05, 0) is 55.3 Å². The van der Waals surface area contributed by atoms with Crippen molar-refractivity contribution in [3.8, 4) is 0 Å². The standard InChI is InChI=1S/C18H19ClFN3O2/c19-12-3-5-13(6-4-12)21-18(25)22-14-7-8-17(16(20)10-14)23-9-1-2-15(24)11-23/h3-8,10,15,24H,1-2,9,11H2,(H2,21,22,25). The lowest BCUT2D eigenvalue weighted by atomic mass is 10.1. The molecule has 132 valence electrons. The van der Waals surface area contributed by atoms with Crippen molar-refractivity contribution >= 4 is 34.7 Å². The Hall–Kier alpha value is -2.31. The maximum Gasteiger partial charge on any atom is 0.323 e. The highest BCUT2D eigenvalue weighted by Gasteiger charge is 2.20. The van der Waals surface area contributed by atoms with E-state index >= 15 is 0 Å². The van der Waals surface area contributed by atoms with Gasteiger partial charge in [0, 0.05) is 29.5 Å². The van der Waals surface area contributed by atoms with Gasteiger partial charge >= 0.3 is 6.03 Å². The molecule has 5 nitrogen and oxygen atoms in total. The number of rotatable bonds is 3. The third kappa shape index (κ3) is 4.61. The number of carbonyl (C=O) groups is 1. The number of hydrogen-bond donors (Lipinski definition) is 3. The zero-order chi connectivity index (χ0) is 17.8. The number of piperidine rings is 1. The molecule has 2 amide bonds. The van der Waals surface area contributed by atoms with Crippen LogP contribution < -0.4 is 15.5 Å². The Balaban J connectivity index is 1.64. The quantitative estimate of drug-likeness (QED) is 0.769. The Morgan fingerprint density at radius 3 is 2.52 bits per heavy atom. The lowest BCUT2D eigenvalue weighted by molar-refractivity contribution is 0.154. The van der Waals surface area contributed by atoms with Crippen LogP contribution in [0.4, 0.5) is 26.2 Å². The molecule has 1 atom stereocenters. The van der Waals surface area contributed by atoms with Crippen molar-refractivity contribution < 1.29 is 14.3 Å². The Morgan fingerprint density at radius 2 is 1.84 bits per heavy atom. The number of nitrogens with one attached hydrogen (secondary N) is 2. The van der Waals surface area contributed by atoms with E-state index in [0.29, 0.717) is 35.2 Å². The predicted octanol–water partition coefficient (Wildman–Crippen LogP) is 4.08. The van der Waals surface area contributed by atoms with Gasteiger partial charge in [0.25, 0.3) is 0 Å². The van der Waals surface area contributed by atoms with Crippen LogP contribution in [0.5, 0.6) is 0 Å². The molecule has 1 unspecified atom stereocenters. The SMILES string of the molecule is O=C(Nc1ccc(Cl)cc1)Nc1ccc(N2CCCC(O)C2)c(F)c1. The molecule has 2 aromatic rings. The van der Waals surface area contributed by atoms with Gasteiger partial charge in [0.2, 0.25) is 0 Å². The molecule has 0 saturated carbocycles. The third-order valence-electron chi connectivity index (χ3n) is 4.04. The molecule has 3 rings (SSSR count). The minimum Gasteiger partial charge on any atom is -0.391 e. The number of carbonyl (C=O) groups excluding carboxylic acids is 1. The number of nitrogens with zero attached hydrogens (tertiary/aromatic N) is 1. The monoisotopic (exact) mass is 363 g/mol. The summed E-state index contributed by atoms with van der Waals surface area (Å²) in [6, 6.07) is 10.7. The molecule has 1 saturated heterocycles. The molecule has 0 spiro atoms. The van der Waals surface area contributed by atoms with Gasteiger partial charge in [-0.15, -0.1) is 0 Å². The van der Waals surface area contributed by atoms with Crippen LogP contribution in [0.3, 0.4) is 0 Å². The van der Waals surface area contributed by atoms with Crippen LogP contribution in [0.1, 0.15) is 12.8 Å². The van der Waals surface area contributed by atoms with Crippen molar-refractivity contribution in [2.75, 3.05) is 28.6 Å². The first-order valence-electron chi connectivity index (χ1n) is 8.07. The molecular weight excluding hydrogens is 345 g/mol. The van der Waals surface area contributed by atoms with Crippen LogP contribution in [0, 0.1) is 5.82 Å². The first kappa shape index (κ1) is 17.5. The predicted molar refractivity (Wildman–Crippen MR) is 97.9 cm³/mol. The zero-order valence-corrected chi connectivity index (χ0v) is 14.3. The fourth-order valence-corrected chi connectivity index (χ4v) is 2.97. The minimum atomic E-state index is -0.470. The van der Waals surface area contributed by atoms with E-state index in [1.165, 1.54) is 6.07 Å². The fourth-order valence-electron chi connectivity index (χ4n) is 2.84. The van der Waals surface area contributed by atoms with E-state index in [1.54, 1.807) is 36.4 Å². The highest BCUT2D eigenvalue weighted by atomic mass is 35.5. The summed E-state index contributed by atoms with van der Waals surface area (Å²) < 4.78 is 14.4. The molecule has 0 radical (unpaired) electrons. The molecule has 2 aromatic carbocycles. The van der Waals surface area contributed by atoms with Crippen LogP contribution in [0.2, 0.25) is 5.02 Å². The number of amides is 2. The number of anilines is 3. The number of aliphatic hydroxyl groups is 1. The Labute approximate surface area is 150 Å². The largest absolute Gasteiger partial charge is 0.391 e. The highest BCUT2D eigenvalue weighted by molar-refractivity contribution is 6.30. The highest BCUT2D eigenvalue weighted by Crippen LogP contribution is 2.26. The van der Waals surface area contributed by atoms with Gasteiger partial charge in [0.05, 0.1) is 11.8 Å². The Kier molecular flexibility index (Phi) is 5.40. The van der Waals surface area contributed by atoms with E-state index in [4.69, 9.17) is 11.6 Å². The number of halogens is 2. The summed E-state index contributed by atoms with van der Waals surface area (Å²) in [7, 11) is 0. The smallest absolute Gasteiger partial charge is 0.323 e. The number of hydrogen-bond acceptors (Lipinski definition) is 3. The van der Waals surface area contributed by atoms with Crippen molar-refractivity contribution in [2.24, 2.45) is 0 Å². The van der Waals surface area contributed by atoms with Crippen molar-refractivity contribution in [3.05, 3.63) is 53.3 Å². The van der Waals surface area contributed by atoms with Gasteiger partial charge in [-0.25, -0.2) is 9.18 Å². The second kappa shape index (κ2) is 7.72. The van der Waals surface area contributed by atoms with Gasteiger partial charge in [-0.2, -0.15) is 0 Å². The molecule has 7 heteroatoms. The van der Waals surface area contributed by atoms with Crippen molar-refractivity contribution in [1.29, 1.82) is 0 Å². The van der Waals surface area contributed by atoms with Crippen molar-refractivity contribution in [1.82, 2.24) is 0 Å². The molecule has 1 aliphatic heterocycles. The van der Waals surface area contributed by atoms with Gasteiger partial charge in [0.15, 0.2) is 0 Å². The molecule has 3 N–H and O–H groups in total. The van der Waals surface area contributed by atoms with Crippen LogP contribution in [-0.2, 0) is 0 Å². The summed E-state index contributed by atoms with van der Waals surface area (Å²) in [4.78, 5) is 13.8. The zero-order valence-electron chi connectivity index (χ0n) is 13.5. The Bertz CT molecular complexity index is 754. The normalized spacial score (nSPS) is 17.2. The van der Waals surface area contributed by atoms with Crippen molar-refractivity contribution in [2.45, 2.75) is 18.9 Å². The van der Waals surface area contributed by atoms with Crippen LogP contribution in [0.15, 0.2) is 42.5 Å². The first-order valence-corrected chi connectivity index (χ1v) is 8.45. The van der Waals surface area contributed by atoms with E-state index in [0.717, 1.165) is 12.8 Å². The lowest BCUT2D eigenvalue weighted by Gasteiger charge is -2.32. The second-order valence-electron chi connectivity index (χ2n) is 5.99. The number of aliphatic hydroxyl groups excluding tert-OH is 1. The molecule has 0 aliphatic carbocycles. The van der Waals surface area contributed by atoms with E-state index in [-0.39, 0.29) is 0 Å². The number of urea groups is 1. The Morgan fingerprint density at radius 1 is 1.16 bits per heavy atom. The van der Waals surface area contributed by atoms with E-state index in [9.17, 15) is 14.3 Å². The summed E-state index contributed by atoms with van der Waals surface area (Å²) in [6.07, 6.45) is 1.13. The van der Waals surface area contributed by atoms with Crippen LogP contribution >= 0.6 is 11.6 Å². The maximum atomic E-state index is 14.4. The first-order chi connectivity index (χ1) is 12.0. The summed E-state index contributed by atoms with van der Waals surface area (Å²) in [5.74, 6) is -0.432. The minimum absolute atomic E-state index is 0.352. The average molecular weight is 364 g/mol. The fraction of sp³-hybridized carbons (Fsp3) is 0.278. The topological polar surface area (TPSA) is 64.6 Å². The average Bonchev–Trinajstić information content (AvgIpc) is 2.57. The lowest BCUT2D eigenvalue weighted by Crippen LogP contribution is -2.38. The van der Waals surface area contributed by atoms with Gasteiger partial charge in [0.1, 0.15) is 5.82 Å². The van der Waals surface area contributed by atoms with Gasteiger partial charge < -0.3 is 20.6 Å². The molecule has 0 bridgehead atoms. The molecule has 1 aliphatic rings. The summed E-state index contributed by atoms with van der Waals surface area (Å²) >= 11 is 5.79. The van der Waals surface area contributed by atoms with Gasteiger partial charge in [-0.1, -0.05) is 11.6 Å². The number of β-amino-alcohol motifs (C(OH)–C–C–N with tert-alkyl or cyclic N) is 1. The molecule has 1 fully saturated rings. The summed E-state index contributed by atoms with van der Waals surface area (Å²) in [5, 5.41) is 15.5. The molecule has 0 aromatic heterocycles.